The van der Waals surface area contributed by atoms with Gasteiger partial charge in [-0.1, -0.05) is 0 Å². The Morgan fingerprint density at radius 2 is 2.12 bits per heavy atom. The highest BCUT2D eigenvalue weighted by Gasteiger charge is 2.36. The molecule has 1 aromatic rings. The lowest BCUT2D eigenvalue weighted by Crippen LogP contribution is -2.33. The van der Waals surface area contributed by atoms with Crippen molar-refractivity contribution >= 4 is 29.3 Å². The normalized spacial score (nSPS) is 19.0. The lowest BCUT2D eigenvalue weighted by molar-refractivity contribution is -0.147. The monoisotopic (exact) mass is 360 g/mol. The Bertz CT molecular complexity index is 773. The lowest BCUT2D eigenvalue weighted by Gasteiger charge is -2.20. The molecule has 8 heteroatoms. The molecule has 0 bridgehead atoms. The average molecular weight is 360 g/mol. The van der Waals surface area contributed by atoms with Crippen LogP contribution in [0, 0.1) is 5.92 Å². The summed E-state index contributed by atoms with van der Waals surface area (Å²) in [6.07, 6.45) is 0.105. The van der Waals surface area contributed by atoms with E-state index in [1.165, 1.54) is 6.07 Å². The predicted octanol–water partition coefficient (Wildman–Crippen LogP) is 1.00. The van der Waals surface area contributed by atoms with Gasteiger partial charge in [-0.25, -0.2) is 0 Å². The maximum Gasteiger partial charge on any atom is 0.311 e. The van der Waals surface area contributed by atoms with Crippen LogP contribution >= 0.6 is 0 Å². The molecule has 0 radical (unpaired) electrons. The van der Waals surface area contributed by atoms with Crippen LogP contribution in [0.25, 0.3) is 0 Å². The molecule has 0 aliphatic carbocycles. The van der Waals surface area contributed by atoms with E-state index in [-0.39, 0.29) is 30.9 Å². The molecule has 1 unspecified atom stereocenters. The first-order chi connectivity index (χ1) is 12.3. The smallest absolute Gasteiger partial charge is 0.311 e. The van der Waals surface area contributed by atoms with Gasteiger partial charge in [0, 0.05) is 24.6 Å². The number of carbonyl (C=O) groups excluding carboxylic acids is 4. The van der Waals surface area contributed by atoms with Gasteiger partial charge >= 0.3 is 5.97 Å². The van der Waals surface area contributed by atoms with Crippen molar-refractivity contribution in [1.29, 1.82) is 0 Å². The van der Waals surface area contributed by atoms with Crippen LogP contribution in [-0.2, 0) is 19.1 Å². The number of benzene rings is 1. The van der Waals surface area contributed by atoms with Crippen LogP contribution in [0.15, 0.2) is 18.2 Å². The minimum Gasteiger partial charge on any atom is -0.482 e. The van der Waals surface area contributed by atoms with E-state index in [9.17, 15) is 19.2 Å². The molecule has 3 rings (SSSR count). The number of nitrogens with zero attached hydrogens (tertiary/aromatic N) is 1. The second-order valence-electron chi connectivity index (χ2n) is 6.62. The van der Waals surface area contributed by atoms with Crippen molar-refractivity contribution in [2.45, 2.75) is 26.3 Å². The molecule has 1 N–H and O–H groups in total. The van der Waals surface area contributed by atoms with E-state index < -0.39 is 24.3 Å². The molecule has 1 saturated heterocycles. The third-order valence-electron chi connectivity index (χ3n) is 4.40. The molecule has 1 atom stereocenters. The standard InChI is InChI=1S/C18H20N2O6/c1-10(2)20-7-12(6-17(20)23)18(24)26-8-14(21)11-3-4-15-13(5-11)19-16(22)9-25-15/h3-5,10,12H,6-9H2,1-2H3,(H,19,22). The number of hydrogen-bond donors (Lipinski definition) is 1. The summed E-state index contributed by atoms with van der Waals surface area (Å²) in [5.41, 5.74) is 0.709. The van der Waals surface area contributed by atoms with Gasteiger partial charge in [-0.2, -0.15) is 0 Å². The zero-order valence-corrected chi connectivity index (χ0v) is 14.6. The van der Waals surface area contributed by atoms with E-state index in [0.29, 0.717) is 23.5 Å². The summed E-state index contributed by atoms with van der Waals surface area (Å²) in [6, 6.07) is 4.64. The lowest BCUT2D eigenvalue weighted by atomic mass is 10.1. The fraction of sp³-hybridized carbons (Fsp3) is 0.444. The molecule has 1 aromatic carbocycles. The van der Waals surface area contributed by atoms with Crippen molar-refractivity contribution in [3.8, 4) is 5.75 Å². The van der Waals surface area contributed by atoms with Gasteiger partial charge in [0.15, 0.2) is 19.0 Å². The van der Waals surface area contributed by atoms with Gasteiger partial charge < -0.3 is 19.7 Å². The molecule has 0 spiro atoms. The van der Waals surface area contributed by atoms with E-state index >= 15 is 0 Å². The van der Waals surface area contributed by atoms with Crippen molar-refractivity contribution in [2.24, 2.45) is 5.92 Å². The van der Waals surface area contributed by atoms with Crippen LogP contribution in [0.3, 0.4) is 0 Å². The summed E-state index contributed by atoms with van der Waals surface area (Å²) in [6.45, 7) is 3.59. The molecular weight excluding hydrogens is 340 g/mol. The van der Waals surface area contributed by atoms with Gasteiger partial charge in [0.05, 0.1) is 11.6 Å². The van der Waals surface area contributed by atoms with Crippen LogP contribution in [0.1, 0.15) is 30.6 Å². The first-order valence-corrected chi connectivity index (χ1v) is 8.41. The minimum absolute atomic E-state index is 0.0230. The quantitative estimate of drug-likeness (QED) is 0.621. The molecule has 0 aromatic heterocycles. The molecule has 2 aliphatic rings. The van der Waals surface area contributed by atoms with Crippen LogP contribution in [-0.4, -0.2) is 54.3 Å². The molecule has 0 saturated carbocycles. The molecule has 2 amide bonds. The highest BCUT2D eigenvalue weighted by atomic mass is 16.5. The number of ether oxygens (including phenoxy) is 2. The van der Waals surface area contributed by atoms with Crippen molar-refractivity contribution < 1.29 is 28.7 Å². The maximum atomic E-state index is 12.3. The van der Waals surface area contributed by atoms with Crippen LogP contribution in [0.5, 0.6) is 5.75 Å². The summed E-state index contributed by atoms with van der Waals surface area (Å²) in [5, 5.41) is 2.62. The van der Waals surface area contributed by atoms with E-state index in [2.05, 4.69) is 5.32 Å². The summed E-state index contributed by atoms with van der Waals surface area (Å²) in [7, 11) is 0. The van der Waals surface area contributed by atoms with E-state index in [1.807, 2.05) is 13.8 Å². The molecule has 26 heavy (non-hydrogen) atoms. The number of esters is 1. The largest absolute Gasteiger partial charge is 0.482 e. The summed E-state index contributed by atoms with van der Waals surface area (Å²) in [4.78, 5) is 49.2. The van der Waals surface area contributed by atoms with Crippen molar-refractivity contribution in [2.75, 3.05) is 25.1 Å². The zero-order chi connectivity index (χ0) is 18.8. The Kier molecular flexibility index (Phi) is 4.92. The molecule has 1 fully saturated rings. The Labute approximate surface area is 150 Å². The van der Waals surface area contributed by atoms with Gasteiger partial charge in [-0.05, 0) is 32.0 Å². The second-order valence-corrected chi connectivity index (χ2v) is 6.62. The average Bonchev–Trinajstić information content (AvgIpc) is 3.00. The summed E-state index contributed by atoms with van der Waals surface area (Å²) in [5.74, 6) is -1.39. The predicted molar refractivity (Wildman–Crippen MR) is 90.8 cm³/mol. The summed E-state index contributed by atoms with van der Waals surface area (Å²) < 4.78 is 10.3. The van der Waals surface area contributed by atoms with E-state index in [4.69, 9.17) is 9.47 Å². The molecule has 2 aliphatic heterocycles. The molecule has 138 valence electrons. The number of nitrogens with one attached hydrogen (secondary N) is 1. The highest BCUT2D eigenvalue weighted by Crippen LogP contribution is 2.28. The number of hydrogen-bond acceptors (Lipinski definition) is 6. The SMILES string of the molecule is CC(C)N1CC(C(=O)OCC(=O)c2ccc3c(c2)NC(=O)CO3)CC1=O. The Morgan fingerprint density at radius 3 is 2.81 bits per heavy atom. The number of anilines is 1. The fourth-order valence-electron chi connectivity index (χ4n) is 2.98. The van der Waals surface area contributed by atoms with Crippen molar-refractivity contribution in [3.63, 3.8) is 0 Å². The minimum atomic E-state index is -0.551. The number of Topliss-reactive ketones (excluding diaryl/α,β-unsaturated/α-hetero) is 1. The number of amides is 2. The Morgan fingerprint density at radius 1 is 1.35 bits per heavy atom. The third kappa shape index (κ3) is 3.68. The van der Waals surface area contributed by atoms with Gasteiger partial charge in [-0.15, -0.1) is 0 Å². The van der Waals surface area contributed by atoms with E-state index in [1.54, 1.807) is 17.0 Å². The van der Waals surface area contributed by atoms with Gasteiger partial charge in [0.2, 0.25) is 5.91 Å². The topological polar surface area (TPSA) is 102 Å². The zero-order valence-electron chi connectivity index (χ0n) is 14.6. The fourth-order valence-corrected chi connectivity index (χ4v) is 2.98. The van der Waals surface area contributed by atoms with Crippen LogP contribution in [0.4, 0.5) is 5.69 Å². The molecule has 8 nitrogen and oxygen atoms in total. The van der Waals surface area contributed by atoms with Gasteiger partial charge in [0.25, 0.3) is 5.91 Å². The number of likely N-dealkylation sites (tertiary alicyclic amines) is 1. The number of rotatable bonds is 5. The Hall–Kier alpha value is -2.90. The second kappa shape index (κ2) is 7.15. The molecule has 2 heterocycles. The first-order valence-electron chi connectivity index (χ1n) is 8.41. The Balaban J connectivity index is 1.57. The summed E-state index contributed by atoms with van der Waals surface area (Å²) >= 11 is 0. The van der Waals surface area contributed by atoms with Crippen LogP contribution in [0.2, 0.25) is 0 Å². The van der Waals surface area contributed by atoms with Gasteiger partial charge in [0.1, 0.15) is 5.75 Å². The van der Waals surface area contributed by atoms with Crippen molar-refractivity contribution in [1.82, 2.24) is 4.90 Å². The molecular formula is C18H20N2O6. The maximum absolute atomic E-state index is 12.3. The number of ketones is 1. The number of fused-ring (bicyclic) bond motifs is 1. The van der Waals surface area contributed by atoms with Crippen LogP contribution < -0.4 is 10.1 Å². The number of carbonyl (C=O) groups is 4. The highest BCUT2D eigenvalue weighted by molar-refractivity contribution is 6.02. The van der Waals surface area contributed by atoms with Gasteiger partial charge in [-0.3, -0.25) is 19.2 Å². The van der Waals surface area contributed by atoms with E-state index in [0.717, 1.165) is 0 Å². The first kappa shape index (κ1) is 17.9. The third-order valence-corrected chi connectivity index (χ3v) is 4.40. The van der Waals surface area contributed by atoms with Crippen molar-refractivity contribution in [3.05, 3.63) is 23.8 Å².